The van der Waals surface area contributed by atoms with Crippen molar-refractivity contribution in [1.29, 1.82) is 0 Å². The van der Waals surface area contributed by atoms with E-state index in [1.54, 1.807) is 0 Å². The Labute approximate surface area is 174 Å². The van der Waals surface area contributed by atoms with Crippen LogP contribution in [0.5, 0.6) is 0 Å². The molecular formula is C21H36ClN3O3. The molecule has 0 radical (unpaired) electrons. The quantitative estimate of drug-likeness (QED) is 0.380. The summed E-state index contributed by atoms with van der Waals surface area (Å²) in [7, 11) is 2.04. The molecule has 2 N–H and O–H groups in total. The van der Waals surface area contributed by atoms with Crippen LogP contribution in [0.3, 0.4) is 0 Å². The molecule has 1 aromatic carbocycles. The number of ether oxygens (including phenoxy) is 2. The molecular weight excluding hydrogens is 378 g/mol. The number of amides is 1. The van der Waals surface area contributed by atoms with Gasteiger partial charge in [-0.3, -0.25) is 0 Å². The van der Waals surface area contributed by atoms with Crippen LogP contribution in [0.4, 0.5) is 10.5 Å². The number of benzene rings is 1. The normalized spacial score (nSPS) is 11.3. The minimum atomic E-state index is -0.462. The Hall–Kier alpha value is -1.50. The first-order valence-electron chi connectivity index (χ1n) is 9.93. The van der Waals surface area contributed by atoms with Crippen LogP contribution in [0, 0.1) is 0 Å². The van der Waals surface area contributed by atoms with E-state index in [0.717, 1.165) is 32.5 Å². The lowest BCUT2D eigenvalue weighted by molar-refractivity contribution is 0.0520. The van der Waals surface area contributed by atoms with Gasteiger partial charge >= 0.3 is 6.09 Å². The van der Waals surface area contributed by atoms with Crippen molar-refractivity contribution in [3.8, 4) is 0 Å². The Morgan fingerprint density at radius 1 is 1.11 bits per heavy atom. The molecule has 0 aliphatic carbocycles. The molecule has 0 aliphatic heterocycles. The maximum Gasteiger partial charge on any atom is 0.407 e. The standard InChI is InChI=1S/C21H36ClN3O3/c1-21(2,3)28-20(26)24-13-6-16-27-15-5-12-23-17-18-7-9-19(10-8-18)25(4)14-11-22/h7-10,23H,5-6,11-17H2,1-4H3,(H,24,26). The molecule has 1 amide bonds. The maximum absolute atomic E-state index is 11.5. The molecule has 0 saturated heterocycles. The lowest BCUT2D eigenvalue weighted by Crippen LogP contribution is -2.33. The van der Waals surface area contributed by atoms with Gasteiger partial charge in [-0.15, -0.1) is 11.6 Å². The minimum absolute atomic E-state index is 0.379. The van der Waals surface area contributed by atoms with Crippen molar-refractivity contribution in [3.05, 3.63) is 29.8 Å². The second kappa shape index (κ2) is 13.6. The summed E-state index contributed by atoms with van der Waals surface area (Å²) >= 11 is 5.77. The molecule has 6 nitrogen and oxygen atoms in total. The first kappa shape index (κ1) is 24.5. The summed E-state index contributed by atoms with van der Waals surface area (Å²) in [6.45, 7) is 10.0. The summed E-state index contributed by atoms with van der Waals surface area (Å²) in [5.41, 5.74) is 1.98. The van der Waals surface area contributed by atoms with Gasteiger partial charge in [-0.05, 0) is 57.9 Å². The average molecular weight is 414 g/mol. The number of halogens is 1. The number of alkyl halides is 1. The summed E-state index contributed by atoms with van der Waals surface area (Å²) in [6.07, 6.45) is 1.35. The lowest BCUT2D eigenvalue weighted by atomic mass is 10.2. The second-order valence-electron chi connectivity index (χ2n) is 7.70. The third kappa shape index (κ3) is 12.1. The monoisotopic (exact) mass is 413 g/mol. The number of carbonyl (C=O) groups is 1. The molecule has 7 heteroatoms. The van der Waals surface area contributed by atoms with Crippen LogP contribution in [0.25, 0.3) is 0 Å². The Bertz CT molecular complexity index is 547. The van der Waals surface area contributed by atoms with Crippen molar-refractivity contribution in [3.63, 3.8) is 0 Å². The number of carbonyl (C=O) groups excluding carboxylic acids is 1. The molecule has 0 spiro atoms. The first-order chi connectivity index (χ1) is 13.3. The second-order valence-corrected chi connectivity index (χ2v) is 8.08. The fraction of sp³-hybridized carbons (Fsp3) is 0.667. The number of nitrogens with one attached hydrogen (secondary N) is 2. The minimum Gasteiger partial charge on any atom is -0.444 e. The Morgan fingerprint density at radius 2 is 1.75 bits per heavy atom. The number of rotatable bonds is 13. The highest BCUT2D eigenvalue weighted by atomic mass is 35.5. The molecule has 160 valence electrons. The van der Waals surface area contributed by atoms with Gasteiger partial charge in [-0.2, -0.15) is 0 Å². The van der Waals surface area contributed by atoms with Crippen molar-refractivity contribution < 1.29 is 14.3 Å². The van der Waals surface area contributed by atoms with Gasteiger partial charge in [0.2, 0.25) is 0 Å². The lowest BCUT2D eigenvalue weighted by Gasteiger charge is -2.19. The van der Waals surface area contributed by atoms with E-state index in [0.29, 0.717) is 25.6 Å². The fourth-order valence-electron chi connectivity index (χ4n) is 2.44. The highest BCUT2D eigenvalue weighted by molar-refractivity contribution is 6.18. The van der Waals surface area contributed by atoms with Crippen LogP contribution in [0.2, 0.25) is 0 Å². The van der Waals surface area contributed by atoms with Crippen LogP contribution in [0.15, 0.2) is 24.3 Å². The van der Waals surface area contributed by atoms with Gasteiger partial charge in [-0.1, -0.05) is 12.1 Å². The molecule has 1 rings (SSSR count). The third-order valence-corrected chi connectivity index (χ3v) is 4.07. The molecule has 0 fully saturated rings. The van der Waals surface area contributed by atoms with Crippen molar-refractivity contribution >= 4 is 23.4 Å². The number of nitrogens with zero attached hydrogens (tertiary/aromatic N) is 1. The van der Waals surface area contributed by atoms with Gasteiger partial charge in [-0.25, -0.2) is 4.79 Å². The number of hydrogen-bond donors (Lipinski definition) is 2. The highest BCUT2D eigenvalue weighted by Crippen LogP contribution is 2.13. The fourth-order valence-corrected chi connectivity index (χ4v) is 2.69. The predicted octanol–water partition coefficient (Wildman–Crippen LogP) is 3.77. The molecule has 0 bridgehead atoms. The molecule has 0 unspecified atom stereocenters. The van der Waals surface area contributed by atoms with E-state index in [1.807, 2.05) is 27.8 Å². The molecule has 0 aromatic heterocycles. The van der Waals surface area contributed by atoms with Crippen molar-refractivity contribution in [2.45, 2.75) is 45.8 Å². The zero-order chi connectivity index (χ0) is 20.8. The molecule has 28 heavy (non-hydrogen) atoms. The van der Waals surface area contributed by atoms with Gasteiger partial charge < -0.3 is 25.0 Å². The van der Waals surface area contributed by atoms with Crippen LogP contribution < -0.4 is 15.5 Å². The van der Waals surface area contributed by atoms with Crippen LogP contribution >= 0.6 is 11.6 Å². The van der Waals surface area contributed by atoms with E-state index in [-0.39, 0.29) is 6.09 Å². The molecule has 0 aliphatic rings. The maximum atomic E-state index is 11.5. The molecule has 0 saturated carbocycles. The Morgan fingerprint density at radius 3 is 2.36 bits per heavy atom. The molecule has 0 atom stereocenters. The summed E-state index contributed by atoms with van der Waals surface area (Å²) in [5.74, 6) is 0.627. The van der Waals surface area contributed by atoms with E-state index in [1.165, 1.54) is 11.3 Å². The zero-order valence-corrected chi connectivity index (χ0v) is 18.5. The van der Waals surface area contributed by atoms with Crippen molar-refractivity contribution in [2.24, 2.45) is 0 Å². The SMILES string of the molecule is CN(CCCl)c1ccc(CNCCCOCCCNC(=O)OC(C)(C)C)cc1. The Balaban J connectivity index is 1.98. The number of alkyl carbamates (subject to hydrolysis) is 1. The largest absolute Gasteiger partial charge is 0.444 e. The van der Waals surface area contributed by atoms with Crippen molar-refractivity contribution in [1.82, 2.24) is 10.6 Å². The summed E-state index contributed by atoms with van der Waals surface area (Å²) in [4.78, 5) is 13.6. The first-order valence-corrected chi connectivity index (χ1v) is 10.5. The van der Waals surface area contributed by atoms with E-state index < -0.39 is 5.60 Å². The van der Waals surface area contributed by atoms with Gasteiger partial charge in [0.15, 0.2) is 0 Å². The van der Waals surface area contributed by atoms with E-state index in [9.17, 15) is 4.79 Å². The average Bonchev–Trinajstić information content (AvgIpc) is 2.62. The highest BCUT2D eigenvalue weighted by Gasteiger charge is 2.15. The summed E-state index contributed by atoms with van der Waals surface area (Å²) < 4.78 is 10.8. The number of anilines is 1. The third-order valence-electron chi connectivity index (χ3n) is 3.90. The zero-order valence-electron chi connectivity index (χ0n) is 17.7. The van der Waals surface area contributed by atoms with Crippen LogP contribution in [-0.4, -0.2) is 57.5 Å². The van der Waals surface area contributed by atoms with Gasteiger partial charge in [0.1, 0.15) is 5.60 Å². The number of hydrogen-bond acceptors (Lipinski definition) is 5. The van der Waals surface area contributed by atoms with E-state index in [2.05, 4.69) is 39.8 Å². The molecule has 0 heterocycles. The summed E-state index contributed by atoms with van der Waals surface area (Å²) in [5, 5.41) is 6.15. The van der Waals surface area contributed by atoms with Crippen LogP contribution in [0.1, 0.15) is 39.2 Å². The predicted molar refractivity (Wildman–Crippen MR) is 116 cm³/mol. The van der Waals surface area contributed by atoms with E-state index >= 15 is 0 Å². The van der Waals surface area contributed by atoms with Gasteiger partial charge in [0.05, 0.1) is 0 Å². The van der Waals surface area contributed by atoms with Gasteiger partial charge in [0.25, 0.3) is 0 Å². The van der Waals surface area contributed by atoms with Gasteiger partial charge in [0, 0.05) is 51.5 Å². The summed E-state index contributed by atoms with van der Waals surface area (Å²) in [6, 6.07) is 8.53. The van der Waals surface area contributed by atoms with E-state index in [4.69, 9.17) is 21.1 Å². The Kier molecular flexibility index (Phi) is 12.0. The van der Waals surface area contributed by atoms with Crippen molar-refractivity contribution in [2.75, 3.05) is 50.7 Å². The smallest absolute Gasteiger partial charge is 0.407 e. The topological polar surface area (TPSA) is 62.8 Å². The van der Waals surface area contributed by atoms with Crippen LogP contribution in [-0.2, 0) is 16.0 Å². The molecule has 1 aromatic rings.